The first-order chi connectivity index (χ1) is 9.15. The maximum atomic E-state index is 11.5. The Bertz CT molecular complexity index is 578. The number of hydrogen-bond donors (Lipinski definition) is 3. The highest BCUT2D eigenvalue weighted by molar-refractivity contribution is 5.92. The summed E-state index contributed by atoms with van der Waals surface area (Å²) in [6.07, 6.45) is 0.595. The molecule has 0 unspecified atom stereocenters. The molecule has 0 atom stereocenters. The molecule has 0 spiro atoms. The first kappa shape index (κ1) is 12.7. The monoisotopic (exact) mass is 259 g/mol. The largest absolute Gasteiger partial charge is 0.456 e. The lowest BCUT2D eigenvalue weighted by molar-refractivity contribution is 0.0908. The zero-order chi connectivity index (χ0) is 13.7. The van der Waals surface area contributed by atoms with Gasteiger partial charge in [-0.05, 0) is 17.7 Å². The fraction of sp³-hybridized carbons (Fsp3) is 0.0769. The van der Waals surface area contributed by atoms with Crippen LogP contribution in [0.1, 0.15) is 21.9 Å². The molecule has 3 amide bonds. The van der Waals surface area contributed by atoms with E-state index in [1.165, 1.54) is 6.07 Å². The number of nitrogens with two attached hydrogens (primary N) is 1. The highest BCUT2D eigenvalue weighted by Crippen LogP contribution is 2.13. The lowest BCUT2D eigenvalue weighted by Crippen LogP contribution is -2.44. The van der Waals surface area contributed by atoms with Crippen LogP contribution in [0.2, 0.25) is 0 Å². The number of urea groups is 1. The fourth-order valence-electron chi connectivity index (χ4n) is 1.57. The average Bonchev–Trinajstić information content (AvgIpc) is 2.85. The Hall–Kier alpha value is -2.76. The molecule has 98 valence electrons. The zero-order valence-electron chi connectivity index (χ0n) is 10.1. The van der Waals surface area contributed by atoms with E-state index >= 15 is 0 Å². The van der Waals surface area contributed by atoms with Crippen molar-refractivity contribution in [1.82, 2.24) is 10.9 Å². The van der Waals surface area contributed by atoms with E-state index < -0.39 is 11.9 Å². The minimum atomic E-state index is -0.843. The SMILES string of the molecule is NC(=O)NNC(=O)c1ccc(Cc2ccccc2)o1. The summed E-state index contributed by atoms with van der Waals surface area (Å²) in [5, 5.41) is 0. The van der Waals surface area contributed by atoms with Gasteiger partial charge >= 0.3 is 11.9 Å². The first-order valence-corrected chi connectivity index (χ1v) is 5.63. The summed E-state index contributed by atoms with van der Waals surface area (Å²) in [5.74, 6) is 0.216. The van der Waals surface area contributed by atoms with E-state index in [0.717, 1.165) is 5.56 Å². The summed E-state index contributed by atoms with van der Waals surface area (Å²) in [6, 6.07) is 12.1. The molecule has 0 aliphatic carbocycles. The van der Waals surface area contributed by atoms with Crippen LogP contribution in [0.5, 0.6) is 0 Å². The standard InChI is InChI=1S/C13H13N3O3/c14-13(18)16-15-12(17)11-7-6-10(19-11)8-9-4-2-1-3-5-9/h1-7H,8H2,(H,15,17)(H3,14,16,18). The number of furan rings is 1. The number of rotatable bonds is 3. The second kappa shape index (κ2) is 5.72. The third-order valence-electron chi connectivity index (χ3n) is 2.41. The number of benzene rings is 1. The van der Waals surface area contributed by atoms with Gasteiger partial charge in [0, 0.05) is 6.42 Å². The van der Waals surface area contributed by atoms with Crippen LogP contribution in [-0.2, 0) is 6.42 Å². The number of hydrogen-bond acceptors (Lipinski definition) is 3. The van der Waals surface area contributed by atoms with Crippen LogP contribution in [-0.4, -0.2) is 11.9 Å². The van der Waals surface area contributed by atoms with Crippen LogP contribution in [0.4, 0.5) is 4.79 Å². The Balaban J connectivity index is 1.99. The predicted octanol–water partition coefficient (Wildman–Crippen LogP) is 1.18. The number of amides is 3. The highest BCUT2D eigenvalue weighted by Gasteiger charge is 2.11. The maximum Gasteiger partial charge on any atom is 0.330 e. The van der Waals surface area contributed by atoms with Gasteiger partial charge in [-0.15, -0.1) is 0 Å². The molecule has 6 nitrogen and oxygen atoms in total. The molecule has 1 aromatic carbocycles. The summed E-state index contributed by atoms with van der Waals surface area (Å²) in [5.41, 5.74) is 10.0. The zero-order valence-corrected chi connectivity index (χ0v) is 10.1. The fourth-order valence-corrected chi connectivity index (χ4v) is 1.57. The number of nitrogens with one attached hydrogen (secondary N) is 2. The van der Waals surface area contributed by atoms with Crippen LogP contribution in [0, 0.1) is 0 Å². The lowest BCUT2D eigenvalue weighted by Gasteiger charge is -2.01. The molecule has 0 saturated heterocycles. The van der Waals surface area contributed by atoms with Gasteiger partial charge in [-0.1, -0.05) is 30.3 Å². The van der Waals surface area contributed by atoms with Gasteiger partial charge in [-0.3, -0.25) is 10.2 Å². The molecular weight excluding hydrogens is 246 g/mol. The third-order valence-corrected chi connectivity index (χ3v) is 2.41. The molecule has 2 rings (SSSR count). The lowest BCUT2D eigenvalue weighted by atomic mass is 10.1. The summed E-state index contributed by atoms with van der Waals surface area (Å²) in [4.78, 5) is 22.0. The van der Waals surface area contributed by atoms with Crippen LogP contribution in [0.25, 0.3) is 0 Å². The van der Waals surface area contributed by atoms with Gasteiger partial charge in [0.25, 0.3) is 0 Å². The van der Waals surface area contributed by atoms with E-state index in [-0.39, 0.29) is 5.76 Å². The number of carbonyl (C=O) groups is 2. The maximum absolute atomic E-state index is 11.5. The van der Waals surface area contributed by atoms with Crippen LogP contribution >= 0.6 is 0 Å². The minimum absolute atomic E-state index is 0.111. The Morgan fingerprint density at radius 3 is 2.47 bits per heavy atom. The Morgan fingerprint density at radius 2 is 1.79 bits per heavy atom. The molecule has 0 aliphatic rings. The van der Waals surface area contributed by atoms with E-state index in [1.807, 2.05) is 35.8 Å². The van der Waals surface area contributed by atoms with E-state index in [1.54, 1.807) is 6.07 Å². The topological polar surface area (TPSA) is 97.4 Å². The summed E-state index contributed by atoms with van der Waals surface area (Å²) in [7, 11) is 0. The van der Waals surface area contributed by atoms with Crippen molar-refractivity contribution in [2.24, 2.45) is 5.73 Å². The van der Waals surface area contributed by atoms with E-state index in [4.69, 9.17) is 10.2 Å². The van der Waals surface area contributed by atoms with Crippen molar-refractivity contribution in [3.8, 4) is 0 Å². The van der Waals surface area contributed by atoms with Crippen LogP contribution in [0.15, 0.2) is 46.9 Å². The quantitative estimate of drug-likeness (QED) is 0.722. The number of carbonyl (C=O) groups excluding carboxylic acids is 2. The Labute approximate surface area is 109 Å². The molecule has 6 heteroatoms. The normalized spacial score (nSPS) is 9.89. The van der Waals surface area contributed by atoms with E-state index in [9.17, 15) is 9.59 Å². The molecule has 19 heavy (non-hydrogen) atoms. The van der Waals surface area contributed by atoms with Gasteiger partial charge < -0.3 is 10.2 Å². The van der Waals surface area contributed by atoms with Crippen molar-refractivity contribution in [3.63, 3.8) is 0 Å². The van der Waals surface area contributed by atoms with Crippen LogP contribution < -0.4 is 16.6 Å². The first-order valence-electron chi connectivity index (χ1n) is 5.63. The van der Waals surface area contributed by atoms with Gasteiger partial charge in [-0.25, -0.2) is 10.2 Å². The highest BCUT2D eigenvalue weighted by atomic mass is 16.4. The summed E-state index contributed by atoms with van der Waals surface area (Å²) in [6.45, 7) is 0. The van der Waals surface area contributed by atoms with Gasteiger partial charge in [0.1, 0.15) is 5.76 Å². The van der Waals surface area contributed by atoms with Crippen molar-refractivity contribution in [2.75, 3.05) is 0 Å². The molecule has 0 aliphatic heterocycles. The number of primary amides is 1. The molecule has 0 radical (unpaired) electrons. The smallest absolute Gasteiger partial charge is 0.330 e. The van der Waals surface area contributed by atoms with Crippen molar-refractivity contribution in [1.29, 1.82) is 0 Å². The molecule has 1 aromatic heterocycles. The Morgan fingerprint density at radius 1 is 1.05 bits per heavy atom. The molecular formula is C13H13N3O3. The molecule has 0 bridgehead atoms. The molecule has 0 fully saturated rings. The van der Waals surface area contributed by atoms with Crippen molar-refractivity contribution < 1.29 is 14.0 Å². The van der Waals surface area contributed by atoms with E-state index in [0.29, 0.717) is 12.2 Å². The predicted molar refractivity (Wildman–Crippen MR) is 68.1 cm³/mol. The van der Waals surface area contributed by atoms with E-state index in [2.05, 4.69) is 5.43 Å². The second-order valence-corrected chi connectivity index (χ2v) is 3.87. The van der Waals surface area contributed by atoms with Crippen molar-refractivity contribution in [2.45, 2.75) is 6.42 Å². The van der Waals surface area contributed by atoms with Gasteiger partial charge in [0.15, 0.2) is 5.76 Å². The number of hydrazine groups is 1. The second-order valence-electron chi connectivity index (χ2n) is 3.87. The summed E-state index contributed by atoms with van der Waals surface area (Å²) < 4.78 is 5.38. The van der Waals surface area contributed by atoms with Crippen molar-refractivity contribution >= 4 is 11.9 Å². The van der Waals surface area contributed by atoms with Gasteiger partial charge in [0.05, 0.1) is 0 Å². The molecule has 2 aromatic rings. The average molecular weight is 259 g/mol. The van der Waals surface area contributed by atoms with Crippen LogP contribution in [0.3, 0.4) is 0 Å². The molecule has 0 saturated carbocycles. The Kier molecular flexibility index (Phi) is 3.82. The molecule has 1 heterocycles. The van der Waals surface area contributed by atoms with Gasteiger partial charge in [0.2, 0.25) is 0 Å². The summed E-state index contributed by atoms with van der Waals surface area (Å²) >= 11 is 0. The molecule has 4 N–H and O–H groups in total. The van der Waals surface area contributed by atoms with Gasteiger partial charge in [-0.2, -0.15) is 0 Å². The van der Waals surface area contributed by atoms with Crippen molar-refractivity contribution in [3.05, 3.63) is 59.5 Å². The minimum Gasteiger partial charge on any atom is -0.456 e. The third kappa shape index (κ3) is 3.60.